The molecule has 1 heterocycles. The molecule has 1 fully saturated rings. The fourth-order valence-corrected chi connectivity index (χ4v) is 3.21. The van der Waals surface area contributed by atoms with Gasteiger partial charge in [-0.15, -0.1) is 0 Å². The molecule has 5 nitrogen and oxygen atoms in total. The molecule has 0 bridgehead atoms. The molecule has 0 radical (unpaired) electrons. The lowest BCUT2D eigenvalue weighted by Crippen LogP contribution is -2.52. The summed E-state index contributed by atoms with van der Waals surface area (Å²) in [5.41, 5.74) is 0.784. The average molecular weight is 329 g/mol. The molecule has 2 rings (SSSR count). The predicted molar refractivity (Wildman–Crippen MR) is 93.5 cm³/mol. The summed E-state index contributed by atoms with van der Waals surface area (Å²) in [5.74, 6) is 0.412. The smallest absolute Gasteiger partial charge is 0.407 e. The molecule has 0 saturated carbocycles. The van der Waals surface area contributed by atoms with Crippen molar-refractivity contribution in [2.24, 2.45) is 5.92 Å². The van der Waals surface area contributed by atoms with E-state index in [2.05, 4.69) is 28.4 Å². The molecule has 2 atom stereocenters. The monoisotopic (exact) mass is 329 g/mol. The molecule has 0 aromatic heterocycles. The zero-order valence-electron chi connectivity index (χ0n) is 14.8. The molecule has 0 aliphatic carbocycles. The number of ether oxygens (including phenoxy) is 1. The van der Waals surface area contributed by atoms with Crippen LogP contribution in [0.3, 0.4) is 0 Å². The van der Waals surface area contributed by atoms with Gasteiger partial charge in [-0.3, -0.25) is 4.90 Å². The van der Waals surface area contributed by atoms with Gasteiger partial charge in [-0.25, -0.2) is 4.79 Å². The number of likely N-dealkylation sites (tertiary alicyclic amines) is 1. The van der Waals surface area contributed by atoms with Crippen LogP contribution in [-0.4, -0.2) is 42.3 Å². The fourth-order valence-electron chi connectivity index (χ4n) is 3.21. The second-order valence-corrected chi connectivity index (χ2v) is 7.49. The lowest BCUT2D eigenvalue weighted by atomic mass is 9.88. The molecule has 1 aromatic rings. The molecular weight excluding hydrogens is 302 g/mol. The number of piperidine rings is 1. The van der Waals surface area contributed by atoms with Gasteiger partial charge in [0.25, 0.3) is 0 Å². The number of benzene rings is 1. The number of nitrogens with one attached hydrogen (secondary N) is 1. The molecule has 1 aliphatic heterocycles. The maximum absolute atomic E-state index is 12.0. The Bertz CT molecular complexity index is 575. The van der Waals surface area contributed by atoms with Crippen LogP contribution in [0.5, 0.6) is 0 Å². The molecule has 1 amide bonds. The number of carbonyl (C=O) groups is 1. The fraction of sp³-hybridized carbons (Fsp3) is 0.579. The summed E-state index contributed by atoms with van der Waals surface area (Å²) in [4.78, 5) is 14.1. The number of hydrogen-bond donors (Lipinski definition) is 1. The minimum absolute atomic E-state index is 0.00987. The van der Waals surface area contributed by atoms with Gasteiger partial charge in [0.15, 0.2) is 0 Å². The molecule has 0 spiro atoms. The maximum Gasteiger partial charge on any atom is 0.407 e. The van der Waals surface area contributed by atoms with Crippen molar-refractivity contribution in [3.05, 3.63) is 35.9 Å². The Morgan fingerprint density at radius 1 is 1.33 bits per heavy atom. The average Bonchev–Trinajstić information content (AvgIpc) is 2.46. The van der Waals surface area contributed by atoms with Crippen LogP contribution in [0.2, 0.25) is 0 Å². The van der Waals surface area contributed by atoms with E-state index in [1.165, 1.54) is 5.56 Å². The highest BCUT2D eigenvalue weighted by Crippen LogP contribution is 2.21. The van der Waals surface area contributed by atoms with Crippen LogP contribution in [0.25, 0.3) is 0 Å². The Balaban J connectivity index is 1.97. The van der Waals surface area contributed by atoms with Gasteiger partial charge in [-0.2, -0.15) is 5.26 Å². The van der Waals surface area contributed by atoms with Gasteiger partial charge in [0.05, 0.1) is 12.6 Å². The third-order valence-corrected chi connectivity index (χ3v) is 4.00. The van der Waals surface area contributed by atoms with Crippen molar-refractivity contribution in [2.45, 2.75) is 45.3 Å². The van der Waals surface area contributed by atoms with E-state index in [9.17, 15) is 4.79 Å². The van der Waals surface area contributed by atoms with Gasteiger partial charge in [0.1, 0.15) is 5.60 Å². The van der Waals surface area contributed by atoms with Crippen LogP contribution in [0, 0.1) is 17.2 Å². The number of nitrogens with zero attached hydrogens (tertiary/aromatic N) is 2. The minimum Gasteiger partial charge on any atom is -0.444 e. The van der Waals surface area contributed by atoms with Crippen molar-refractivity contribution < 1.29 is 9.53 Å². The van der Waals surface area contributed by atoms with E-state index in [0.29, 0.717) is 19.0 Å². The summed E-state index contributed by atoms with van der Waals surface area (Å²) >= 11 is 0. The maximum atomic E-state index is 12.0. The summed E-state index contributed by atoms with van der Waals surface area (Å²) in [6.45, 7) is 7.53. The number of amides is 1. The van der Waals surface area contributed by atoms with E-state index >= 15 is 0 Å². The molecule has 2 unspecified atom stereocenters. The predicted octanol–water partition coefficient (Wildman–Crippen LogP) is 2.97. The molecule has 1 aliphatic rings. The van der Waals surface area contributed by atoms with Gasteiger partial charge < -0.3 is 10.1 Å². The van der Waals surface area contributed by atoms with Crippen molar-refractivity contribution in [1.82, 2.24) is 10.2 Å². The summed E-state index contributed by atoms with van der Waals surface area (Å²) in [5, 5.41) is 12.0. The van der Waals surface area contributed by atoms with Crippen molar-refractivity contribution in [2.75, 3.05) is 19.6 Å². The first-order chi connectivity index (χ1) is 11.4. The van der Waals surface area contributed by atoms with Crippen molar-refractivity contribution in [1.29, 1.82) is 5.26 Å². The first-order valence-electron chi connectivity index (χ1n) is 8.48. The highest BCUT2D eigenvalue weighted by Gasteiger charge is 2.29. The van der Waals surface area contributed by atoms with Crippen LogP contribution in [0.1, 0.15) is 32.8 Å². The van der Waals surface area contributed by atoms with Crippen molar-refractivity contribution in [3.8, 4) is 6.07 Å². The van der Waals surface area contributed by atoms with Gasteiger partial charge in [0.2, 0.25) is 0 Å². The van der Waals surface area contributed by atoms with Crippen LogP contribution in [-0.2, 0) is 11.2 Å². The zero-order valence-corrected chi connectivity index (χ0v) is 14.8. The zero-order chi connectivity index (χ0) is 17.6. The molecular formula is C19H27N3O2. The van der Waals surface area contributed by atoms with Gasteiger partial charge in [-0.05, 0) is 45.1 Å². The molecule has 24 heavy (non-hydrogen) atoms. The second-order valence-electron chi connectivity index (χ2n) is 7.49. The normalized spacial score (nSPS) is 21.8. The van der Waals surface area contributed by atoms with E-state index < -0.39 is 5.60 Å². The number of carbonyl (C=O) groups excluding carboxylic acids is 1. The highest BCUT2D eigenvalue weighted by molar-refractivity contribution is 5.68. The van der Waals surface area contributed by atoms with Crippen LogP contribution >= 0.6 is 0 Å². The number of nitriles is 1. The minimum atomic E-state index is -0.505. The summed E-state index contributed by atoms with van der Waals surface area (Å²) < 4.78 is 5.36. The summed E-state index contributed by atoms with van der Waals surface area (Å²) in [6.07, 6.45) is 1.47. The Morgan fingerprint density at radius 3 is 2.67 bits per heavy atom. The van der Waals surface area contributed by atoms with Crippen molar-refractivity contribution >= 4 is 6.09 Å². The largest absolute Gasteiger partial charge is 0.444 e. The van der Waals surface area contributed by atoms with Gasteiger partial charge >= 0.3 is 6.09 Å². The third-order valence-electron chi connectivity index (χ3n) is 4.00. The summed E-state index contributed by atoms with van der Waals surface area (Å²) in [6, 6.07) is 12.6. The Morgan fingerprint density at radius 2 is 2.04 bits per heavy atom. The van der Waals surface area contributed by atoms with E-state index in [1.807, 2.05) is 39.0 Å². The van der Waals surface area contributed by atoms with Crippen LogP contribution in [0.15, 0.2) is 30.3 Å². The highest BCUT2D eigenvalue weighted by atomic mass is 16.6. The summed E-state index contributed by atoms with van der Waals surface area (Å²) in [7, 11) is 0. The molecule has 5 heteroatoms. The Hall–Kier alpha value is -2.06. The Kier molecular flexibility index (Phi) is 6.22. The first-order valence-corrected chi connectivity index (χ1v) is 8.48. The van der Waals surface area contributed by atoms with Crippen LogP contribution in [0.4, 0.5) is 4.79 Å². The van der Waals surface area contributed by atoms with E-state index in [-0.39, 0.29) is 12.1 Å². The lowest BCUT2D eigenvalue weighted by Gasteiger charge is -2.37. The topological polar surface area (TPSA) is 65.4 Å². The number of rotatable bonds is 4. The number of hydrogen-bond acceptors (Lipinski definition) is 4. The van der Waals surface area contributed by atoms with E-state index in [0.717, 1.165) is 19.4 Å². The number of alkyl carbamates (subject to hydrolysis) is 1. The van der Waals surface area contributed by atoms with Gasteiger partial charge in [0, 0.05) is 19.1 Å². The molecule has 1 aromatic carbocycles. The van der Waals surface area contributed by atoms with E-state index in [4.69, 9.17) is 10.00 Å². The SMILES string of the molecule is CC(C)(C)OC(=O)NC1CC(Cc2ccccc2)CN(CC#N)C1. The first kappa shape index (κ1) is 18.3. The quantitative estimate of drug-likeness (QED) is 0.863. The van der Waals surface area contributed by atoms with Crippen LogP contribution < -0.4 is 5.32 Å². The lowest BCUT2D eigenvalue weighted by molar-refractivity contribution is 0.0455. The molecule has 1 saturated heterocycles. The standard InChI is InChI=1S/C19H27N3O2/c1-19(2,3)24-18(23)21-17-12-16(13-22(14-17)10-9-20)11-15-7-5-4-6-8-15/h4-8,16-17H,10-14H2,1-3H3,(H,21,23). The second kappa shape index (κ2) is 8.16. The van der Waals surface area contributed by atoms with Crippen molar-refractivity contribution in [3.63, 3.8) is 0 Å². The van der Waals surface area contributed by atoms with Gasteiger partial charge in [-0.1, -0.05) is 30.3 Å². The Labute approximate surface area is 144 Å². The molecule has 1 N–H and O–H groups in total. The third kappa shape index (κ3) is 6.21. The molecule has 130 valence electrons. The van der Waals surface area contributed by atoms with E-state index in [1.54, 1.807) is 0 Å².